The van der Waals surface area contributed by atoms with Gasteiger partial charge >= 0.3 is 11.9 Å². The summed E-state index contributed by atoms with van der Waals surface area (Å²) in [6, 6.07) is 8.92. The van der Waals surface area contributed by atoms with Gasteiger partial charge in [0, 0.05) is 18.7 Å². The van der Waals surface area contributed by atoms with E-state index in [1.165, 1.54) is 30.1 Å². The van der Waals surface area contributed by atoms with Gasteiger partial charge in [0.25, 0.3) is 0 Å². The number of carbonyl (C=O) groups is 3. The molecule has 2 rings (SSSR count). The summed E-state index contributed by atoms with van der Waals surface area (Å²) in [4.78, 5) is 38.4. The van der Waals surface area contributed by atoms with E-state index in [0.717, 1.165) is 11.6 Å². The highest BCUT2D eigenvalue weighted by atomic mass is 16.6. The zero-order valence-corrected chi connectivity index (χ0v) is 18.6. The zero-order chi connectivity index (χ0) is 23.7. The number of esters is 2. The minimum absolute atomic E-state index is 0.189. The molecular weight excluding hydrogens is 414 g/mol. The molecule has 0 saturated heterocycles. The molecule has 0 bridgehead atoms. The molecule has 0 unspecified atom stereocenters. The van der Waals surface area contributed by atoms with Crippen molar-refractivity contribution in [2.75, 3.05) is 6.54 Å². The van der Waals surface area contributed by atoms with Crippen LogP contribution in [0.5, 0.6) is 0 Å². The van der Waals surface area contributed by atoms with Gasteiger partial charge in [-0.2, -0.15) is 0 Å². The maximum Gasteiger partial charge on any atom is 0.330 e. The van der Waals surface area contributed by atoms with Gasteiger partial charge in [0.05, 0.1) is 18.6 Å². The number of amides is 1. The summed E-state index contributed by atoms with van der Waals surface area (Å²) in [7, 11) is 0. The van der Waals surface area contributed by atoms with Crippen molar-refractivity contribution < 1.29 is 34.1 Å². The molecule has 0 aromatic heterocycles. The van der Waals surface area contributed by atoms with Crippen molar-refractivity contribution in [3.8, 4) is 0 Å². The van der Waals surface area contributed by atoms with Crippen molar-refractivity contribution >= 4 is 17.8 Å². The molecule has 5 atom stereocenters. The fourth-order valence-corrected chi connectivity index (χ4v) is 3.20. The number of rotatable bonds is 3. The van der Waals surface area contributed by atoms with Crippen LogP contribution >= 0.6 is 0 Å². The monoisotopic (exact) mass is 445 g/mol. The third-order valence-corrected chi connectivity index (χ3v) is 5.19. The summed E-state index contributed by atoms with van der Waals surface area (Å²) in [5.74, 6) is -1.80. The number of aliphatic hydroxyl groups excluding tert-OH is 2. The van der Waals surface area contributed by atoms with Gasteiger partial charge in [-0.3, -0.25) is 9.59 Å². The van der Waals surface area contributed by atoms with E-state index in [1.807, 2.05) is 30.3 Å². The van der Waals surface area contributed by atoms with E-state index in [0.29, 0.717) is 13.0 Å². The van der Waals surface area contributed by atoms with E-state index < -0.39 is 48.3 Å². The summed E-state index contributed by atoms with van der Waals surface area (Å²) in [6.45, 7) is 5.02. The Balaban J connectivity index is 2.26. The quantitative estimate of drug-likeness (QED) is 0.679. The van der Waals surface area contributed by atoms with Crippen LogP contribution in [0.3, 0.4) is 0 Å². The van der Waals surface area contributed by atoms with Gasteiger partial charge in [0.15, 0.2) is 0 Å². The molecule has 0 saturated carbocycles. The molecule has 0 fully saturated rings. The second-order valence-electron chi connectivity index (χ2n) is 7.85. The standard InChI is InChI=1S/C24H31NO7/c1-16-15-24(30)32-18(3)21(27)9-11-22(28)25(14-13-19-7-5-4-6-8-19)17(2)20(26)10-12-23(29)31-16/h4-12,16-18,20-21,26-27H,13-15H2,1-3H3/b11-9+,12-10+/t16-,17-,18-,20+,21+/m0/s1. The van der Waals surface area contributed by atoms with Gasteiger partial charge in [-0.25, -0.2) is 4.79 Å². The molecule has 0 spiro atoms. The fourth-order valence-electron chi connectivity index (χ4n) is 3.20. The smallest absolute Gasteiger partial charge is 0.330 e. The largest absolute Gasteiger partial charge is 0.459 e. The maximum absolute atomic E-state index is 12.9. The third kappa shape index (κ3) is 7.94. The van der Waals surface area contributed by atoms with Crippen LogP contribution < -0.4 is 0 Å². The van der Waals surface area contributed by atoms with Crippen LogP contribution in [0.15, 0.2) is 54.6 Å². The molecule has 1 aromatic rings. The second-order valence-corrected chi connectivity index (χ2v) is 7.85. The molecule has 0 radical (unpaired) electrons. The van der Waals surface area contributed by atoms with E-state index >= 15 is 0 Å². The molecular formula is C24H31NO7. The molecule has 8 nitrogen and oxygen atoms in total. The first-order valence-corrected chi connectivity index (χ1v) is 10.6. The Labute approximate surface area is 188 Å². The Morgan fingerprint density at radius 3 is 2.28 bits per heavy atom. The summed E-state index contributed by atoms with van der Waals surface area (Å²) in [5, 5.41) is 20.8. The number of ether oxygens (including phenoxy) is 2. The van der Waals surface area contributed by atoms with Crippen molar-refractivity contribution in [1.29, 1.82) is 0 Å². The normalized spacial score (nSPS) is 30.3. The Kier molecular flexibility index (Phi) is 9.61. The number of carbonyl (C=O) groups excluding carboxylic acids is 3. The molecule has 1 aliphatic heterocycles. The SMILES string of the molecule is C[C@@H]1OC(=O)C[C@H](C)OC(=O)/C=C/[C@@H](O)[C@H](C)N(CCc2ccccc2)C(=O)/C=C/[C@H]1O. The Morgan fingerprint density at radius 1 is 0.938 bits per heavy atom. The zero-order valence-electron chi connectivity index (χ0n) is 18.6. The highest BCUT2D eigenvalue weighted by Crippen LogP contribution is 2.13. The van der Waals surface area contributed by atoms with Gasteiger partial charge in [-0.15, -0.1) is 0 Å². The van der Waals surface area contributed by atoms with Crippen molar-refractivity contribution in [2.45, 2.75) is 64.1 Å². The number of hydrogen-bond acceptors (Lipinski definition) is 7. The Bertz CT molecular complexity index is 836. The van der Waals surface area contributed by atoms with E-state index in [1.54, 1.807) is 13.8 Å². The first kappa shape index (κ1) is 25.3. The number of aliphatic hydroxyl groups is 2. The Hall–Kier alpha value is -2.97. The average Bonchev–Trinajstić information content (AvgIpc) is 2.75. The number of cyclic esters (lactones) is 2. The lowest BCUT2D eigenvalue weighted by Crippen LogP contribution is -2.45. The van der Waals surface area contributed by atoms with E-state index in [2.05, 4.69) is 0 Å². The molecule has 1 aromatic carbocycles. The highest BCUT2D eigenvalue weighted by Gasteiger charge is 2.25. The summed E-state index contributed by atoms with van der Waals surface area (Å²) in [6.07, 6.45) is 1.19. The molecule has 1 amide bonds. The van der Waals surface area contributed by atoms with E-state index in [9.17, 15) is 24.6 Å². The average molecular weight is 446 g/mol. The lowest BCUT2D eigenvalue weighted by molar-refractivity contribution is -0.157. The fraction of sp³-hybridized carbons (Fsp3) is 0.458. The third-order valence-electron chi connectivity index (χ3n) is 5.19. The lowest BCUT2D eigenvalue weighted by atomic mass is 10.1. The topological polar surface area (TPSA) is 113 Å². The minimum atomic E-state index is -1.20. The van der Waals surface area contributed by atoms with Crippen molar-refractivity contribution in [3.63, 3.8) is 0 Å². The van der Waals surface area contributed by atoms with Crippen LogP contribution in [-0.4, -0.2) is 70.0 Å². The molecule has 0 aliphatic carbocycles. The highest BCUT2D eigenvalue weighted by molar-refractivity contribution is 5.88. The summed E-state index contributed by atoms with van der Waals surface area (Å²) < 4.78 is 10.3. The van der Waals surface area contributed by atoms with Crippen LogP contribution in [0, 0.1) is 0 Å². The first-order chi connectivity index (χ1) is 15.2. The van der Waals surface area contributed by atoms with Crippen molar-refractivity contribution in [1.82, 2.24) is 4.90 Å². The van der Waals surface area contributed by atoms with E-state index in [-0.39, 0.29) is 6.42 Å². The number of hydrogen-bond donors (Lipinski definition) is 2. The van der Waals surface area contributed by atoms with Crippen LogP contribution in [-0.2, 0) is 30.3 Å². The summed E-state index contributed by atoms with van der Waals surface area (Å²) in [5.41, 5.74) is 1.02. The minimum Gasteiger partial charge on any atom is -0.459 e. The predicted octanol–water partition coefficient (Wildman–Crippen LogP) is 1.55. The molecule has 1 heterocycles. The molecule has 2 N–H and O–H groups in total. The molecule has 174 valence electrons. The second kappa shape index (κ2) is 12.2. The Morgan fingerprint density at radius 2 is 1.59 bits per heavy atom. The van der Waals surface area contributed by atoms with Crippen LogP contribution in [0.2, 0.25) is 0 Å². The van der Waals surface area contributed by atoms with Crippen LogP contribution in [0.1, 0.15) is 32.8 Å². The van der Waals surface area contributed by atoms with Gasteiger partial charge in [0.1, 0.15) is 18.3 Å². The van der Waals surface area contributed by atoms with Crippen LogP contribution in [0.25, 0.3) is 0 Å². The van der Waals surface area contributed by atoms with Gasteiger partial charge in [-0.05, 0) is 44.9 Å². The maximum atomic E-state index is 12.9. The predicted molar refractivity (Wildman–Crippen MR) is 117 cm³/mol. The lowest BCUT2D eigenvalue weighted by Gasteiger charge is -2.31. The molecule has 1 aliphatic rings. The summed E-state index contributed by atoms with van der Waals surface area (Å²) >= 11 is 0. The van der Waals surface area contributed by atoms with Crippen molar-refractivity contribution in [2.24, 2.45) is 0 Å². The van der Waals surface area contributed by atoms with Gasteiger partial charge in [-0.1, -0.05) is 30.3 Å². The number of nitrogens with zero attached hydrogens (tertiary/aromatic N) is 1. The van der Waals surface area contributed by atoms with Gasteiger partial charge in [0.2, 0.25) is 5.91 Å². The van der Waals surface area contributed by atoms with Crippen molar-refractivity contribution in [3.05, 3.63) is 60.2 Å². The number of benzene rings is 1. The molecule has 32 heavy (non-hydrogen) atoms. The van der Waals surface area contributed by atoms with E-state index in [4.69, 9.17) is 9.47 Å². The van der Waals surface area contributed by atoms with Crippen LogP contribution in [0.4, 0.5) is 0 Å². The first-order valence-electron chi connectivity index (χ1n) is 10.6. The molecule has 8 heteroatoms. The van der Waals surface area contributed by atoms with Gasteiger partial charge < -0.3 is 24.6 Å².